The maximum atomic E-state index is 13.3. The van der Waals surface area contributed by atoms with E-state index in [-0.39, 0.29) is 12.5 Å². The molecular formula is C23H31N3O4S. The molecule has 0 aromatic heterocycles. The van der Waals surface area contributed by atoms with Gasteiger partial charge in [-0.05, 0) is 37.0 Å². The Morgan fingerprint density at radius 1 is 1.03 bits per heavy atom. The molecule has 1 atom stereocenters. The third-order valence-electron chi connectivity index (χ3n) is 5.22. The van der Waals surface area contributed by atoms with Crippen LogP contribution < -0.4 is 9.62 Å². The summed E-state index contributed by atoms with van der Waals surface area (Å²) in [6.45, 7) is 3.50. The number of amides is 2. The van der Waals surface area contributed by atoms with Crippen LogP contribution in [0.1, 0.15) is 25.0 Å². The van der Waals surface area contributed by atoms with Crippen LogP contribution in [0.3, 0.4) is 0 Å². The largest absolute Gasteiger partial charge is 0.357 e. The molecular weight excluding hydrogens is 414 g/mol. The van der Waals surface area contributed by atoms with E-state index >= 15 is 0 Å². The van der Waals surface area contributed by atoms with Gasteiger partial charge in [0.25, 0.3) is 0 Å². The van der Waals surface area contributed by atoms with Crippen molar-refractivity contribution in [3.05, 3.63) is 65.7 Å². The lowest BCUT2D eigenvalue weighted by atomic mass is 10.1. The first kappa shape index (κ1) is 24.4. The number of carbonyl (C=O) groups is 2. The summed E-state index contributed by atoms with van der Waals surface area (Å²) in [6.07, 6.45) is 2.27. The number of anilines is 1. The highest BCUT2D eigenvalue weighted by molar-refractivity contribution is 7.92. The van der Waals surface area contributed by atoms with Gasteiger partial charge in [-0.1, -0.05) is 55.5 Å². The highest BCUT2D eigenvalue weighted by Gasteiger charge is 2.29. The molecule has 2 amide bonds. The highest BCUT2D eigenvalue weighted by atomic mass is 32.2. The van der Waals surface area contributed by atoms with Gasteiger partial charge in [-0.25, -0.2) is 8.42 Å². The number of hydrogen-bond donors (Lipinski definition) is 1. The van der Waals surface area contributed by atoms with Gasteiger partial charge in [0.15, 0.2) is 0 Å². The van der Waals surface area contributed by atoms with E-state index in [0.717, 1.165) is 21.7 Å². The minimum atomic E-state index is -3.71. The molecule has 1 N–H and O–H groups in total. The predicted octanol–water partition coefficient (Wildman–Crippen LogP) is 2.22. The van der Waals surface area contributed by atoms with Crippen LogP contribution >= 0.6 is 0 Å². The van der Waals surface area contributed by atoms with Crippen LogP contribution in [-0.2, 0) is 32.5 Å². The Morgan fingerprint density at radius 3 is 2.23 bits per heavy atom. The average molecular weight is 446 g/mol. The fourth-order valence-corrected chi connectivity index (χ4v) is 4.31. The Kier molecular flexibility index (Phi) is 8.62. The molecule has 0 bridgehead atoms. The van der Waals surface area contributed by atoms with Crippen molar-refractivity contribution in [3.63, 3.8) is 0 Å². The molecule has 0 aliphatic carbocycles. The van der Waals surface area contributed by atoms with E-state index < -0.39 is 22.0 Å². The Balaban J connectivity index is 2.33. The number of nitrogens with zero attached hydrogens (tertiary/aromatic N) is 2. The number of likely N-dealkylation sites (N-methyl/N-ethyl adjacent to an activating group) is 1. The second kappa shape index (κ2) is 10.9. The SMILES string of the molecule is CCc1ccccc1N(CC(=O)N(CCc1ccccc1)C(C)C(=O)NC)S(C)(=O)=O. The summed E-state index contributed by atoms with van der Waals surface area (Å²) in [7, 11) is -2.20. The van der Waals surface area contributed by atoms with E-state index in [0.29, 0.717) is 25.1 Å². The number of sulfonamides is 1. The van der Waals surface area contributed by atoms with Crippen molar-refractivity contribution >= 4 is 27.5 Å². The monoisotopic (exact) mass is 445 g/mol. The lowest BCUT2D eigenvalue weighted by molar-refractivity contribution is -0.138. The van der Waals surface area contributed by atoms with Gasteiger partial charge in [0.2, 0.25) is 21.8 Å². The predicted molar refractivity (Wildman–Crippen MR) is 123 cm³/mol. The Labute approximate surface area is 185 Å². The van der Waals surface area contributed by atoms with Crippen LogP contribution in [0.25, 0.3) is 0 Å². The molecule has 2 aromatic carbocycles. The number of para-hydroxylation sites is 1. The Morgan fingerprint density at radius 2 is 1.65 bits per heavy atom. The molecule has 8 heteroatoms. The van der Waals surface area contributed by atoms with Crippen molar-refractivity contribution < 1.29 is 18.0 Å². The van der Waals surface area contributed by atoms with Gasteiger partial charge in [-0.3, -0.25) is 13.9 Å². The molecule has 168 valence electrons. The van der Waals surface area contributed by atoms with Gasteiger partial charge in [0.1, 0.15) is 12.6 Å². The van der Waals surface area contributed by atoms with E-state index in [1.165, 1.54) is 11.9 Å². The standard InChI is InChI=1S/C23H31N3O4S/c1-5-20-13-9-10-14-21(20)26(31(4,29)30)17-22(27)25(18(2)23(28)24-3)16-15-19-11-7-6-8-12-19/h6-14,18H,5,15-17H2,1-4H3,(H,24,28). The molecule has 0 radical (unpaired) electrons. The first-order valence-electron chi connectivity index (χ1n) is 10.3. The number of benzene rings is 2. The summed E-state index contributed by atoms with van der Waals surface area (Å²) in [5.41, 5.74) is 2.34. The average Bonchev–Trinajstić information content (AvgIpc) is 2.76. The van der Waals surface area contributed by atoms with Crippen LogP contribution in [0, 0.1) is 0 Å². The van der Waals surface area contributed by atoms with Crippen molar-refractivity contribution in [1.29, 1.82) is 0 Å². The normalized spacial score (nSPS) is 12.1. The van der Waals surface area contributed by atoms with Crippen LogP contribution in [0.4, 0.5) is 5.69 Å². The van der Waals surface area contributed by atoms with Crippen LogP contribution in [0.5, 0.6) is 0 Å². The molecule has 0 fully saturated rings. The second-order valence-corrected chi connectivity index (χ2v) is 9.27. The highest BCUT2D eigenvalue weighted by Crippen LogP contribution is 2.23. The third kappa shape index (κ3) is 6.55. The van der Waals surface area contributed by atoms with Gasteiger partial charge >= 0.3 is 0 Å². The maximum Gasteiger partial charge on any atom is 0.244 e. The van der Waals surface area contributed by atoms with E-state index in [1.54, 1.807) is 19.1 Å². The summed E-state index contributed by atoms with van der Waals surface area (Å²) in [5.74, 6) is -0.732. The fraction of sp³-hybridized carbons (Fsp3) is 0.391. The quantitative estimate of drug-likeness (QED) is 0.608. The zero-order valence-corrected chi connectivity index (χ0v) is 19.4. The molecule has 0 saturated carbocycles. The van der Waals surface area contributed by atoms with Gasteiger partial charge in [0, 0.05) is 13.6 Å². The minimum Gasteiger partial charge on any atom is -0.357 e. The number of rotatable bonds is 10. The van der Waals surface area contributed by atoms with Gasteiger partial charge in [0.05, 0.1) is 11.9 Å². The van der Waals surface area contributed by atoms with Crippen LogP contribution in [0.2, 0.25) is 0 Å². The molecule has 2 rings (SSSR count). The number of nitrogens with one attached hydrogen (secondary N) is 1. The number of carbonyl (C=O) groups excluding carboxylic acids is 2. The lowest BCUT2D eigenvalue weighted by Gasteiger charge is -2.31. The van der Waals surface area contributed by atoms with Gasteiger partial charge in [-0.2, -0.15) is 0 Å². The van der Waals surface area contributed by atoms with Crippen molar-refractivity contribution in [2.24, 2.45) is 0 Å². The molecule has 31 heavy (non-hydrogen) atoms. The molecule has 0 spiro atoms. The molecule has 0 aliphatic rings. The Bertz CT molecular complexity index is 993. The number of hydrogen-bond acceptors (Lipinski definition) is 4. The zero-order valence-electron chi connectivity index (χ0n) is 18.5. The van der Waals surface area contributed by atoms with Crippen LogP contribution in [-0.4, -0.2) is 57.6 Å². The summed E-state index contributed by atoms with van der Waals surface area (Å²) in [5, 5.41) is 2.57. The first-order chi connectivity index (χ1) is 14.7. The molecule has 0 aliphatic heterocycles. The second-order valence-electron chi connectivity index (χ2n) is 7.36. The molecule has 0 heterocycles. The molecule has 1 unspecified atom stereocenters. The summed E-state index contributed by atoms with van der Waals surface area (Å²) in [6, 6.07) is 16.0. The van der Waals surface area contributed by atoms with E-state index in [4.69, 9.17) is 0 Å². The van der Waals surface area contributed by atoms with E-state index in [2.05, 4.69) is 5.32 Å². The van der Waals surface area contributed by atoms with Crippen LogP contribution in [0.15, 0.2) is 54.6 Å². The van der Waals surface area contributed by atoms with E-state index in [1.807, 2.05) is 49.4 Å². The lowest BCUT2D eigenvalue weighted by Crippen LogP contribution is -2.51. The first-order valence-corrected chi connectivity index (χ1v) is 12.1. The fourth-order valence-electron chi connectivity index (χ4n) is 3.43. The number of aryl methyl sites for hydroxylation is 1. The van der Waals surface area contributed by atoms with Crippen molar-refractivity contribution in [2.45, 2.75) is 32.7 Å². The zero-order chi connectivity index (χ0) is 23.0. The van der Waals surface area contributed by atoms with Crippen molar-refractivity contribution in [3.8, 4) is 0 Å². The smallest absolute Gasteiger partial charge is 0.244 e. The molecule has 0 saturated heterocycles. The summed E-state index contributed by atoms with van der Waals surface area (Å²) < 4.78 is 26.3. The molecule has 2 aromatic rings. The topological polar surface area (TPSA) is 86.8 Å². The van der Waals surface area contributed by atoms with Crippen molar-refractivity contribution in [1.82, 2.24) is 10.2 Å². The minimum absolute atomic E-state index is 0.296. The summed E-state index contributed by atoms with van der Waals surface area (Å²) in [4.78, 5) is 27.0. The van der Waals surface area contributed by atoms with Gasteiger partial charge < -0.3 is 10.2 Å². The van der Waals surface area contributed by atoms with Crippen molar-refractivity contribution in [2.75, 3.05) is 30.7 Å². The molecule has 7 nitrogen and oxygen atoms in total. The van der Waals surface area contributed by atoms with E-state index in [9.17, 15) is 18.0 Å². The van der Waals surface area contributed by atoms with Gasteiger partial charge in [-0.15, -0.1) is 0 Å². The third-order valence-corrected chi connectivity index (χ3v) is 6.34. The Hall–Kier alpha value is -2.87. The summed E-state index contributed by atoms with van der Waals surface area (Å²) >= 11 is 0. The maximum absolute atomic E-state index is 13.3.